The van der Waals surface area contributed by atoms with Gasteiger partial charge in [0.1, 0.15) is 0 Å². The molecule has 0 saturated carbocycles. The Morgan fingerprint density at radius 3 is 2.71 bits per heavy atom. The second-order valence-corrected chi connectivity index (χ2v) is 5.98. The molecular weight excluding hydrogens is 246 g/mol. The largest absolute Gasteiger partial charge is 0.301 e. The number of thiophene rings is 1. The van der Waals surface area contributed by atoms with E-state index in [2.05, 4.69) is 59.1 Å². The lowest BCUT2D eigenvalue weighted by Gasteiger charge is -2.15. The average Bonchev–Trinajstić information content (AvgIpc) is 2.83. The fourth-order valence-corrected chi connectivity index (χ4v) is 3.26. The number of nitrogens with zero attached hydrogens (tertiary/aromatic N) is 1. The summed E-state index contributed by atoms with van der Waals surface area (Å²) >= 11 is 3.69. The number of benzene rings is 1. The van der Waals surface area contributed by atoms with Gasteiger partial charge in [-0.15, -0.1) is 11.8 Å². The van der Waals surface area contributed by atoms with Crippen molar-refractivity contribution < 1.29 is 0 Å². The zero-order valence-electron chi connectivity index (χ0n) is 10.0. The number of thioether (sulfide) groups is 1. The number of hydrogen-bond acceptors (Lipinski definition) is 3. The van der Waals surface area contributed by atoms with E-state index in [1.54, 1.807) is 11.3 Å². The highest BCUT2D eigenvalue weighted by molar-refractivity contribution is 7.99. The molecule has 1 aromatic carbocycles. The summed E-state index contributed by atoms with van der Waals surface area (Å²) in [7, 11) is 2.18. The molecule has 0 aliphatic carbocycles. The Bertz CT molecular complexity index is 411. The molecule has 0 aliphatic heterocycles. The molecule has 17 heavy (non-hydrogen) atoms. The standard InChI is InChI=1S/C14H17NS2/c1-15(11-13-7-9-16-12-13)8-10-17-14-5-3-2-4-6-14/h2-7,9,12H,8,10-11H2,1H3. The van der Waals surface area contributed by atoms with Gasteiger partial charge in [0.15, 0.2) is 0 Å². The summed E-state index contributed by atoms with van der Waals surface area (Å²) in [5, 5.41) is 4.36. The second-order valence-electron chi connectivity index (χ2n) is 4.03. The van der Waals surface area contributed by atoms with E-state index < -0.39 is 0 Å². The predicted molar refractivity (Wildman–Crippen MR) is 77.8 cm³/mol. The molecule has 0 fully saturated rings. The molecule has 0 unspecified atom stereocenters. The van der Waals surface area contributed by atoms with E-state index in [-0.39, 0.29) is 0 Å². The van der Waals surface area contributed by atoms with Crippen LogP contribution in [0.2, 0.25) is 0 Å². The van der Waals surface area contributed by atoms with E-state index in [1.807, 2.05) is 11.8 Å². The zero-order valence-corrected chi connectivity index (χ0v) is 11.6. The van der Waals surface area contributed by atoms with Crippen molar-refractivity contribution in [2.75, 3.05) is 19.3 Å². The van der Waals surface area contributed by atoms with Crippen LogP contribution in [0.5, 0.6) is 0 Å². The van der Waals surface area contributed by atoms with Crippen molar-refractivity contribution in [3.8, 4) is 0 Å². The van der Waals surface area contributed by atoms with Crippen molar-refractivity contribution in [3.63, 3.8) is 0 Å². The van der Waals surface area contributed by atoms with Crippen LogP contribution >= 0.6 is 23.1 Å². The Kier molecular flexibility index (Phi) is 5.10. The summed E-state index contributed by atoms with van der Waals surface area (Å²) in [5.41, 5.74) is 1.42. The maximum atomic E-state index is 2.37. The number of rotatable bonds is 6. The van der Waals surface area contributed by atoms with Crippen LogP contribution in [-0.4, -0.2) is 24.2 Å². The molecule has 1 aromatic heterocycles. The SMILES string of the molecule is CN(CCSc1ccccc1)Cc1ccsc1. The Hall–Kier alpha value is -0.770. The second kappa shape index (κ2) is 6.84. The Labute approximate surface area is 111 Å². The minimum Gasteiger partial charge on any atom is -0.301 e. The summed E-state index contributed by atoms with van der Waals surface area (Å²) in [6, 6.07) is 12.8. The molecule has 0 bridgehead atoms. The summed E-state index contributed by atoms with van der Waals surface area (Å²) in [6.45, 7) is 2.17. The van der Waals surface area contributed by atoms with Crippen molar-refractivity contribution in [2.45, 2.75) is 11.4 Å². The van der Waals surface area contributed by atoms with Crippen LogP contribution in [0, 0.1) is 0 Å². The third-order valence-corrected chi connectivity index (χ3v) is 4.24. The van der Waals surface area contributed by atoms with Gasteiger partial charge < -0.3 is 4.90 Å². The van der Waals surface area contributed by atoms with Crippen LogP contribution in [0.4, 0.5) is 0 Å². The molecular formula is C14H17NS2. The third kappa shape index (κ3) is 4.54. The highest BCUT2D eigenvalue weighted by atomic mass is 32.2. The molecule has 0 saturated heterocycles. The molecule has 0 amide bonds. The van der Waals surface area contributed by atoms with Gasteiger partial charge in [-0.3, -0.25) is 0 Å². The molecule has 0 spiro atoms. The van der Waals surface area contributed by atoms with Crippen LogP contribution in [0.15, 0.2) is 52.1 Å². The smallest absolute Gasteiger partial charge is 0.0239 e. The van der Waals surface area contributed by atoms with Gasteiger partial charge in [-0.25, -0.2) is 0 Å². The Balaban J connectivity index is 1.68. The van der Waals surface area contributed by atoms with Gasteiger partial charge in [-0.1, -0.05) is 18.2 Å². The number of hydrogen-bond donors (Lipinski definition) is 0. The van der Waals surface area contributed by atoms with Gasteiger partial charge in [0, 0.05) is 23.7 Å². The first-order valence-corrected chi connectivity index (χ1v) is 7.65. The molecule has 0 aliphatic rings. The lowest BCUT2D eigenvalue weighted by Crippen LogP contribution is -2.20. The summed E-state index contributed by atoms with van der Waals surface area (Å²) in [5.74, 6) is 1.14. The van der Waals surface area contributed by atoms with Crippen molar-refractivity contribution in [1.82, 2.24) is 4.90 Å². The fourth-order valence-electron chi connectivity index (χ4n) is 1.61. The van der Waals surface area contributed by atoms with Crippen molar-refractivity contribution >= 4 is 23.1 Å². The Morgan fingerprint density at radius 2 is 2.00 bits per heavy atom. The fraction of sp³-hybridized carbons (Fsp3) is 0.286. The molecule has 1 heterocycles. The molecule has 0 radical (unpaired) electrons. The summed E-state index contributed by atoms with van der Waals surface area (Å²) < 4.78 is 0. The van der Waals surface area contributed by atoms with E-state index in [0.717, 1.165) is 18.8 Å². The average molecular weight is 263 g/mol. The van der Waals surface area contributed by atoms with Crippen LogP contribution in [-0.2, 0) is 6.54 Å². The van der Waals surface area contributed by atoms with Gasteiger partial charge >= 0.3 is 0 Å². The van der Waals surface area contributed by atoms with Crippen LogP contribution in [0.25, 0.3) is 0 Å². The van der Waals surface area contributed by atoms with E-state index in [0.29, 0.717) is 0 Å². The van der Waals surface area contributed by atoms with Crippen LogP contribution in [0.3, 0.4) is 0 Å². The lowest BCUT2D eigenvalue weighted by molar-refractivity contribution is 0.349. The van der Waals surface area contributed by atoms with Crippen molar-refractivity contribution in [3.05, 3.63) is 52.7 Å². The quantitative estimate of drug-likeness (QED) is 0.725. The van der Waals surface area contributed by atoms with Crippen molar-refractivity contribution in [2.24, 2.45) is 0 Å². The van der Waals surface area contributed by atoms with Gasteiger partial charge in [-0.2, -0.15) is 11.3 Å². The molecule has 0 atom stereocenters. The molecule has 90 valence electrons. The molecule has 3 heteroatoms. The monoisotopic (exact) mass is 263 g/mol. The lowest BCUT2D eigenvalue weighted by atomic mass is 10.3. The van der Waals surface area contributed by atoms with Crippen LogP contribution in [0.1, 0.15) is 5.56 Å². The predicted octanol–water partition coefficient (Wildman–Crippen LogP) is 3.97. The van der Waals surface area contributed by atoms with Gasteiger partial charge in [-0.05, 0) is 41.6 Å². The van der Waals surface area contributed by atoms with Gasteiger partial charge in [0.2, 0.25) is 0 Å². The maximum absolute atomic E-state index is 2.37. The van der Waals surface area contributed by atoms with E-state index in [1.165, 1.54) is 10.5 Å². The van der Waals surface area contributed by atoms with Gasteiger partial charge in [0.25, 0.3) is 0 Å². The molecule has 0 N–H and O–H groups in total. The van der Waals surface area contributed by atoms with E-state index in [4.69, 9.17) is 0 Å². The first-order chi connectivity index (χ1) is 8.34. The first-order valence-electron chi connectivity index (χ1n) is 5.72. The minimum absolute atomic E-state index is 1.05. The molecule has 2 rings (SSSR count). The minimum atomic E-state index is 1.05. The first kappa shape index (κ1) is 12.7. The zero-order chi connectivity index (χ0) is 11.9. The summed E-state index contributed by atoms with van der Waals surface area (Å²) in [6.07, 6.45) is 0. The maximum Gasteiger partial charge on any atom is 0.0239 e. The normalized spacial score (nSPS) is 10.9. The topological polar surface area (TPSA) is 3.24 Å². The van der Waals surface area contributed by atoms with E-state index in [9.17, 15) is 0 Å². The molecule has 2 aromatic rings. The highest BCUT2D eigenvalue weighted by Crippen LogP contribution is 2.17. The third-order valence-electron chi connectivity index (χ3n) is 2.52. The molecule has 1 nitrogen and oxygen atoms in total. The Morgan fingerprint density at radius 1 is 1.18 bits per heavy atom. The van der Waals surface area contributed by atoms with E-state index >= 15 is 0 Å². The van der Waals surface area contributed by atoms with Crippen molar-refractivity contribution in [1.29, 1.82) is 0 Å². The van der Waals surface area contributed by atoms with Gasteiger partial charge in [0.05, 0.1) is 0 Å². The summed E-state index contributed by atoms with van der Waals surface area (Å²) in [4.78, 5) is 3.73. The van der Waals surface area contributed by atoms with Crippen LogP contribution < -0.4 is 0 Å². The highest BCUT2D eigenvalue weighted by Gasteiger charge is 2.01.